The molecule has 0 amide bonds. The molecule has 0 N–H and O–H groups in total. The number of hydrogen-bond donors (Lipinski definition) is 0. The minimum atomic E-state index is 0.439. The lowest BCUT2D eigenvalue weighted by atomic mass is 10.2. The zero-order chi connectivity index (χ0) is 8.43. The molecule has 0 aliphatic rings. The van der Waals surface area contributed by atoms with Crippen molar-refractivity contribution in [3.05, 3.63) is 31.3 Å². The van der Waals surface area contributed by atoms with E-state index >= 15 is 0 Å². The van der Waals surface area contributed by atoms with Crippen molar-refractivity contribution < 1.29 is 4.79 Å². The van der Waals surface area contributed by atoms with Gasteiger partial charge in [-0.25, -0.2) is 0 Å². The molecule has 58 valence electrons. The molecule has 0 radical (unpaired) electrons. The summed E-state index contributed by atoms with van der Waals surface area (Å²) in [4.78, 5) is 10.5. The van der Waals surface area contributed by atoms with E-state index in [2.05, 4.69) is 0 Å². The second-order valence-corrected chi connectivity index (χ2v) is 3.77. The van der Waals surface area contributed by atoms with Crippen molar-refractivity contribution in [2.45, 2.75) is 0 Å². The minimum Gasteiger partial charge on any atom is -0.298 e. The standard InChI is InChI=1S/C7H3Cl2IO/c8-5-1-2-6(9)7(10)4(5)3-11/h1-3H. The summed E-state index contributed by atoms with van der Waals surface area (Å²) < 4.78 is 0.701. The molecule has 0 spiro atoms. The van der Waals surface area contributed by atoms with E-state index in [-0.39, 0.29) is 0 Å². The molecule has 1 nitrogen and oxygen atoms in total. The predicted octanol–water partition coefficient (Wildman–Crippen LogP) is 3.41. The molecule has 4 heteroatoms. The van der Waals surface area contributed by atoms with Crippen molar-refractivity contribution >= 4 is 52.1 Å². The first-order valence-electron chi connectivity index (χ1n) is 2.75. The van der Waals surface area contributed by atoms with Crippen molar-refractivity contribution in [3.8, 4) is 0 Å². The number of hydrogen-bond acceptors (Lipinski definition) is 1. The third kappa shape index (κ3) is 1.86. The zero-order valence-electron chi connectivity index (χ0n) is 5.27. The average Bonchev–Trinajstić information content (AvgIpc) is 1.99. The SMILES string of the molecule is O=Cc1c(Cl)ccc(Cl)c1I. The van der Waals surface area contributed by atoms with Gasteiger partial charge in [-0.15, -0.1) is 0 Å². The summed E-state index contributed by atoms with van der Waals surface area (Å²) >= 11 is 13.4. The first kappa shape index (κ1) is 9.29. The molecule has 1 rings (SSSR count). The summed E-state index contributed by atoms with van der Waals surface area (Å²) in [5.41, 5.74) is 0.458. The highest BCUT2D eigenvalue weighted by Gasteiger charge is 2.06. The number of aldehydes is 1. The van der Waals surface area contributed by atoms with E-state index in [1.165, 1.54) is 0 Å². The van der Waals surface area contributed by atoms with Crippen molar-refractivity contribution in [2.75, 3.05) is 0 Å². The van der Waals surface area contributed by atoms with Gasteiger partial charge in [0.05, 0.1) is 10.0 Å². The molecule has 0 saturated heterocycles. The van der Waals surface area contributed by atoms with Gasteiger partial charge < -0.3 is 0 Å². The number of rotatable bonds is 1. The van der Waals surface area contributed by atoms with Crippen molar-refractivity contribution in [3.63, 3.8) is 0 Å². The van der Waals surface area contributed by atoms with Crippen LogP contribution in [0.4, 0.5) is 0 Å². The van der Waals surface area contributed by atoms with E-state index in [0.29, 0.717) is 25.5 Å². The van der Waals surface area contributed by atoms with E-state index in [1.807, 2.05) is 22.6 Å². The molecule has 1 aromatic carbocycles. The van der Waals surface area contributed by atoms with E-state index in [4.69, 9.17) is 23.2 Å². The summed E-state index contributed by atoms with van der Waals surface area (Å²) in [7, 11) is 0. The predicted molar refractivity (Wildman–Crippen MR) is 54.6 cm³/mol. The lowest BCUT2D eigenvalue weighted by Crippen LogP contribution is -1.87. The highest BCUT2D eigenvalue weighted by molar-refractivity contribution is 14.1. The Kier molecular flexibility index (Phi) is 3.16. The largest absolute Gasteiger partial charge is 0.298 e. The van der Waals surface area contributed by atoms with Gasteiger partial charge in [-0.3, -0.25) is 4.79 Å². The highest BCUT2D eigenvalue weighted by atomic mass is 127. The number of carbonyl (C=O) groups is 1. The molecule has 0 saturated carbocycles. The fourth-order valence-corrected chi connectivity index (χ4v) is 1.77. The molecule has 0 bridgehead atoms. The maximum absolute atomic E-state index is 10.5. The molecule has 0 fully saturated rings. The van der Waals surface area contributed by atoms with Crippen LogP contribution in [0.15, 0.2) is 12.1 Å². The molecule has 11 heavy (non-hydrogen) atoms. The molecule has 0 atom stereocenters. The Hall–Kier alpha value is 0.200. The van der Waals surface area contributed by atoms with E-state index in [0.717, 1.165) is 0 Å². The van der Waals surface area contributed by atoms with Crippen LogP contribution < -0.4 is 0 Å². The van der Waals surface area contributed by atoms with Crippen LogP contribution in [-0.2, 0) is 0 Å². The Morgan fingerprint density at radius 3 is 2.27 bits per heavy atom. The van der Waals surface area contributed by atoms with Crippen molar-refractivity contribution in [1.29, 1.82) is 0 Å². The fourth-order valence-electron chi connectivity index (χ4n) is 0.651. The Labute approximate surface area is 87.8 Å². The molecule has 0 aliphatic carbocycles. The van der Waals surface area contributed by atoms with Gasteiger partial charge in [0.1, 0.15) is 0 Å². The van der Waals surface area contributed by atoms with Gasteiger partial charge in [0, 0.05) is 9.13 Å². The highest BCUT2D eigenvalue weighted by Crippen LogP contribution is 2.26. The summed E-state index contributed by atoms with van der Waals surface area (Å²) in [6.45, 7) is 0. The molecule has 1 aromatic rings. The summed E-state index contributed by atoms with van der Waals surface area (Å²) in [5, 5.41) is 0.992. The van der Waals surface area contributed by atoms with Crippen LogP contribution in [-0.4, -0.2) is 6.29 Å². The van der Waals surface area contributed by atoms with Crippen LogP contribution in [0, 0.1) is 3.57 Å². The molecular formula is C7H3Cl2IO. The molecule has 0 aromatic heterocycles. The lowest BCUT2D eigenvalue weighted by Gasteiger charge is -2.00. The first-order chi connectivity index (χ1) is 5.16. The Bertz CT molecular complexity index is 299. The number of carbonyl (C=O) groups excluding carboxylic acids is 1. The van der Waals surface area contributed by atoms with Crippen LogP contribution in [0.2, 0.25) is 10.0 Å². The minimum absolute atomic E-state index is 0.439. The summed E-state index contributed by atoms with van der Waals surface area (Å²) in [5.74, 6) is 0. The van der Waals surface area contributed by atoms with E-state index in [1.54, 1.807) is 12.1 Å². The van der Waals surface area contributed by atoms with E-state index < -0.39 is 0 Å². The molecule has 0 unspecified atom stereocenters. The Morgan fingerprint density at radius 1 is 1.27 bits per heavy atom. The monoisotopic (exact) mass is 300 g/mol. The normalized spacial score (nSPS) is 9.73. The summed E-state index contributed by atoms with van der Waals surface area (Å²) in [6, 6.07) is 3.27. The molecule has 0 aliphatic heterocycles. The first-order valence-corrected chi connectivity index (χ1v) is 4.59. The summed E-state index contributed by atoms with van der Waals surface area (Å²) in [6.07, 6.45) is 0.704. The Balaban J connectivity index is 3.40. The zero-order valence-corrected chi connectivity index (χ0v) is 8.94. The third-order valence-corrected chi connectivity index (χ3v) is 3.32. The van der Waals surface area contributed by atoms with Gasteiger partial charge in [0.25, 0.3) is 0 Å². The van der Waals surface area contributed by atoms with Gasteiger partial charge in [0.2, 0.25) is 0 Å². The maximum Gasteiger partial charge on any atom is 0.152 e. The second-order valence-electron chi connectivity index (χ2n) is 1.87. The van der Waals surface area contributed by atoms with Crippen LogP contribution in [0.5, 0.6) is 0 Å². The average molecular weight is 301 g/mol. The van der Waals surface area contributed by atoms with Gasteiger partial charge in [-0.2, -0.15) is 0 Å². The number of benzene rings is 1. The number of halogens is 3. The molecular weight excluding hydrogens is 298 g/mol. The van der Waals surface area contributed by atoms with Crippen LogP contribution in [0.3, 0.4) is 0 Å². The van der Waals surface area contributed by atoms with Gasteiger partial charge >= 0.3 is 0 Å². The quantitative estimate of drug-likeness (QED) is 0.441. The molecule has 0 heterocycles. The van der Waals surface area contributed by atoms with Crippen LogP contribution >= 0.6 is 45.8 Å². The smallest absolute Gasteiger partial charge is 0.152 e. The Morgan fingerprint density at radius 2 is 1.82 bits per heavy atom. The van der Waals surface area contributed by atoms with Gasteiger partial charge in [-0.05, 0) is 34.7 Å². The maximum atomic E-state index is 10.5. The van der Waals surface area contributed by atoms with Crippen LogP contribution in [0.25, 0.3) is 0 Å². The lowest BCUT2D eigenvalue weighted by molar-refractivity contribution is 0.112. The second kappa shape index (κ2) is 3.74. The van der Waals surface area contributed by atoms with Crippen molar-refractivity contribution in [2.24, 2.45) is 0 Å². The van der Waals surface area contributed by atoms with Crippen LogP contribution in [0.1, 0.15) is 10.4 Å². The van der Waals surface area contributed by atoms with Gasteiger partial charge in [-0.1, -0.05) is 23.2 Å². The van der Waals surface area contributed by atoms with Crippen molar-refractivity contribution in [1.82, 2.24) is 0 Å². The third-order valence-electron chi connectivity index (χ3n) is 1.20. The fraction of sp³-hybridized carbons (Fsp3) is 0. The van der Waals surface area contributed by atoms with E-state index in [9.17, 15) is 4.79 Å². The van der Waals surface area contributed by atoms with Gasteiger partial charge in [0.15, 0.2) is 6.29 Å². The topological polar surface area (TPSA) is 17.1 Å².